The van der Waals surface area contributed by atoms with E-state index in [-0.39, 0.29) is 5.92 Å². The van der Waals surface area contributed by atoms with Gasteiger partial charge in [0.2, 0.25) is 0 Å². The predicted octanol–water partition coefficient (Wildman–Crippen LogP) is 5.05. The molecule has 0 aromatic heterocycles. The lowest BCUT2D eigenvalue weighted by Gasteiger charge is -2.11. The first kappa shape index (κ1) is 32.7. The van der Waals surface area contributed by atoms with Gasteiger partial charge in [0.25, 0.3) is 0 Å². The molecule has 0 aliphatic carbocycles. The number of carbonyl (C=O) groups excluding carboxylic acids is 2. The Morgan fingerprint density at radius 2 is 1.06 bits per heavy atom. The fourth-order valence-corrected chi connectivity index (χ4v) is 2.95. The minimum absolute atomic E-state index is 0.169. The van der Waals surface area contributed by atoms with Crippen molar-refractivity contribution >= 4 is 29.8 Å². The molecule has 0 heterocycles. The van der Waals surface area contributed by atoms with E-state index in [9.17, 15) is 24.0 Å². The number of rotatable bonds is 18. The summed E-state index contributed by atoms with van der Waals surface area (Å²) in [4.78, 5) is 52.2. The highest BCUT2D eigenvalue weighted by atomic mass is 16.6. The number of carboxylic acids is 3. The molecule has 2 unspecified atom stereocenters. The summed E-state index contributed by atoms with van der Waals surface area (Å²) < 4.78 is 4.15. The molecule has 3 N–H and O–H groups in total. The van der Waals surface area contributed by atoms with Crippen LogP contribution < -0.4 is 0 Å². The Morgan fingerprint density at radius 1 is 0.636 bits per heavy atom. The van der Waals surface area contributed by atoms with Gasteiger partial charge < -0.3 is 20.1 Å². The van der Waals surface area contributed by atoms with E-state index in [0.29, 0.717) is 0 Å². The van der Waals surface area contributed by atoms with Crippen LogP contribution in [0.4, 0.5) is 0 Å². The third kappa shape index (κ3) is 25.7. The second kappa shape index (κ2) is 21.4. The Bertz CT molecular complexity index is 558. The van der Waals surface area contributed by atoms with Crippen LogP contribution in [0.15, 0.2) is 0 Å². The minimum atomic E-state index is -1.18. The highest BCUT2D eigenvalue weighted by Gasteiger charge is 2.13. The third-order valence-corrected chi connectivity index (χ3v) is 5.12. The van der Waals surface area contributed by atoms with Gasteiger partial charge in [-0.15, -0.1) is 0 Å². The normalized spacial score (nSPS) is 12.1. The molecule has 0 saturated heterocycles. The lowest BCUT2D eigenvalue weighted by atomic mass is 9.96. The molecule has 9 nitrogen and oxygen atoms in total. The van der Waals surface area contributed by atoms with Gasteiger partial charge in [0, 0.05) is 0 Å². The maximum Gasteiger partial charge on any atom is 0.314 e. The van der Waals surface area contributed by atoms with Gasteiger partial charge in [-0.3, -0.25) is 24.0 Å². The van der Waals surface area contributed by atoms with Crippen LogP contribution in [0, 0.1) is 11.8 Å². The van der Waals surface area contributed by atoms with Crippen molar-refractivity contribution in [2.75, 3.05) is 0 Å². The van der Waals surface area contributed by atoms with Crippen molar-refractivity contribution in [3.8, 4) is 0 Å². The van der Waals surface area contributed by atoms with Crippen LogP contribution in [0.5, 0.6) is 0 Å². The summed E-state index contributed by atoms with van der Waals surface area (Å²) in [6.07, 6.45) is 10.8. The summed E-state index contributed by atoms with van der Waals surface area (Å²) >= 11 is 0. The average Bonchev–Trinajstić information content (AvgIpc) is 2.73. The Hall–Kier alpha value is -2.45. The van der Waals surface area contributed by atoms with Crippen molar-refractivity contribution in [2.24, 2.45) is 11.8 Å². The van der Waals surface area contributed by atoms with Crippen molar-refractivity contribution < 1.29 is 44.0 Å². The van der Waals surface area contributed by atoms with Gasteiger partial charge in [-0.1, -0.05) is 78.6 Å². The Kier molecular flexibility index (Phi) is 21.2. The molecule has 0 rings (SSSR count). The molecule has 0 aliphatic heterocycles. The molecule has 0 aliphatic rings. The van der Waals surface area contributed by atoms with Gasteiger partial charge in [-0.25, -0.2) is 0 Å². The van der Waals surface area contributed by atoms with E-state index in [0.717, 1.165) is 18.8 Å². The maximum atomic E-state index is 10.7. The summed E-state index contributed by atoms with van der Waals surface area (Å²) in [5, 5.41) is 25.2. The zero-order valence-electron chi connectivity index (χ0n) is 20.3. The Labute approximate surface area is 196 Å². The van der Waals surface area contributed by atoms with Gasteiger partial charge in [0.05, 0.1) is 31.6 Å². The topological polar surface area (TPSA) is 155 Å². The molecule has 0 bridgehead atoms. The number of hydrogen-bond donors (Lipinski definition) is 3. The molecule has 0 saturated carbocycles. The Balaban J connectivity index is 0. The molecule has 0 amide bonds. The summed E-state index contributed by atoms with van der Waals surface area (Å²) in [5.41, 5.74) is 0. The number of hydrogen-bond acceptors (Lipinski definition) is 6. The van der Waals surface area contributed by atoms with Crippen LogP contribution in [0.25, 0.3) is 0 Å². The molecule has 0 radical (unpaired) electrons. The minimum Gasteiger partial charge on any atom is -0.481 e. The lowest BCUT2D eigenvalue weighted by Crippen LogP contribution is -2.14. The molecule has 0 aromatic carbocycles. The number of unbranched alkanes of at least 4 members (excludes halogenated alkanes) is 5. The standard InChI is InChI=1S/C16H32O2.C8H10O7/c1-4-5-8-11-14(2)12-9-6-7-10-13-15(3)16(17)18;9-5(10)1-3-7(13)15-8(14)4-2-6(11)12/h14-15H,4-13H2,1-3H3,(H,17,18);1-4H2,(H,9,10)(H,11,12). The molecule has 33 heavy (non-hydrogen) atoms. The highest BCUT2D eigenvalue weighted by Crippen LogP contribution is 2.18. The van der Waals surface area contributed by atoms with E-state index in [1.54, 1.807) is 6.92 Å². The van der Waals surface area contributed by atoms with E-state index < -0.39 is 55.5 Å². The van der Waals surface area contributed by atoms with Crippen LogP contribution in [0.2, 0.25) is 0 Å². The zero-order valence-corrected chi connectivity index (χ0v) is 20.3. The summed E-state index contributed by atoms with van der Waals surface area (Å²) in [6, 6.07) is 0. The molecular formula is C24H42O9. The smallest absolute Gasteiger partial charge is 0.314 e. The maximum absolute atomic E-state index is 10.7. The van der Waals surface area contributed by atoms with E-state index in [2.05, 4.69) is 18.6 Å². The van der Waals surface area contributed by atoms with E-state index in [4.69, 9.17) is 15.3 Å². The second-order valence-electron chi connectivity index (χ2n) is 8.47. The fourth-order valence-electron chi connectivity index (χ4n) is 2.95. The van der Waals surface area contributed by atoms with Gasteiger partial charge in [-0.2, -0.15) is 0 Å². The number of carboxylic acid groups (broad SMARTS) is 3. The zero-order chi connectivity index (χ0) is 25.6. The molecule has 0 spiro atoms. The molecular weight excluding hydrogens is 432 g/mol. The number of ether oxygens (including phenoxy) is 1. The molecule has 2 atom stereocenters. The lowest BCUT2D eigenvalue weighted by molar-refractivity contribution is -0.162. The second-order valence-corrected chi connectivity index (χ2v) is 8.47. The quantitative estimate of drug-likeness (QED) is 0.140. The third-order valence-electron chi connectivity index (χ3n) is 5.12. The first-order valence-electron chi connectivity index (χ1n) is 11.9. The van der Waals surface area contributed by atoms with Crippen LogP contribution in [-0.4, -0.2) is 45.2 Å². The number of carbonyl (C=O) groups is 5. The SMILES string of the molecule is CCCCCC(C)CCCCCCC(C)C(=O)O.O=C(O)CCC(=O)OC(=O)CCC(=O)O. The van der Waals surface area contributed by atoms with Gasteiger partial charge in [0.1, 0.15) is 0 Å². The van der Waals surface area contributed by atoms with Crippen LogP contribution >= 0.6 is 0 Å². The van der Waals surface area contributed by atoms with Gasteiger partial charge >= 0.3 is 29.8 Å². The summed E-state index contributed by atoms with van der Waals surface area (Å²) in [6.45, 7) is 6.42. The van der Waals surface area contributed by atoms with Crippen LogP contribution in [0.1, 0.15) is 111 Å². The predicted molar refractivity (Wildman–Crippen MR) is 123 cm³/mol. The van der Waals surface area contributed by atoms with Gasteiger partial charge in [-0.05, 0) is 12.3 Å². The fraction of sp³-hybridized carbons (Fsp3) is 0.792. The first-order chi connectivity index (χ1) is 15.5. The average molecular weight is 475 g/mol. The van der Waals surface area contributed by atoms with E-state index in [1.165, 1.54) is 51.4 Å². The largest absolute Gasteiger partial charge is 0.481 e. The van der Waals surface area contributed by atoms with Gasteiger partial charge in [0.15, 0.2) is 0 Å². The molecule has 0 aromatic rings. The van der Waals surface area contributed by atoms with Crippen LogP contribution in [0.3, 0.4) is 0 Å². The van der Waals surface area contributed by atoms with E-state index >= 15 is 0 Å². The summed E-state index contributed by atoms with van der Waals surface area (Å²) in [5.74, 6) is -4.23. The number of aliphatic carboxylic acids is 3. The van der Waals surface area contributed by atoms with Crippen molar-refractivity contribution in [3.05, 3.63) is 0 Å². The van der Waals surface area contributed by atoms with Crippen molar-refractivity contribution in [3.63, 3.8) is 0 Å². The van der Waals surface area contributed by atoms with Crippen molar-refractivity contribution in [2.45, 2.75) is 111 Å². The Morgan fingerprint density at radius 3 is 1.45 bits per heavy atom. The van der Waals surface area contributed by atoms with Crippen LogP contribution in [-0.2, 0) is 28.7 Å². The van der Waals surface area contributed by atoms with Crippen molar-refractivity contribution in [1.29, 1.82) is 0 Å². The highest BCUT2D eigenvalue weighted by molar-refractivity contribution is 5.88. The molecule has 192 valence electrons. The molecule has 9 heteroatoms. The summed E-state index contributed by atoms with van der Waals surface area (Å²) in [7, 11) is 0. The monoisotopic (exact) mass is 474 g/mol. The first-order valence-corrected chi connectivity index (χ1v) is 11.9. The molecule has 0 fully saturated rings. The van der Waals surface area contributed by atoms with Crippen molar-refractivity contribution in [1.82, 2.24) is 0 Å². The van der Waals surface area contributed by atoms with E-state index in [1.807, 2.05) is 0 Å². The number of esters is 2.